The van der Waals surface area contributed by atoms with Gasteiger partial charge in [0.25, 0.3) is 0 Å². The van der Waals surface area contributed by atoms with Crippen LogP contribution in [0.1, 0.15) is 38.9 Å². The minimum atomic E-state index is 0.0204. The predicted octanol–water partition coefficient (Wildman–Crippen LogP) is 1.96. The van der Waals surface area contributed by atoms with Crippen molar-refractivity contribution in [2.75, 3.05) is 36.4 Å². The number of hydrogen-bond donors (Lipinski definition) is 2. The van der Waals surface area contributed by atoms with Gasteiger partial charge >= 0.3 is 0 Å². The van der Waals surface area contributed by atoms with E-state index in [9.17, 15) is 4.79 Å². The zero-order valence-corrected chi connectivity index (χ0v) is 13.9. The monoisotopic (exact) mass is 305 g/mol. The van der Waals surface area contributed by atoms with E-state index in [4.69, 9.17) is 0 Å². The number of rotatable bonds is 6. The zero-order valence-electron chi connectivity index (χ0n) is 13.9. The third-order valence-electron chi connectivity index (χ3n) is 3.76. The van der Waals surface area contributed by atoms with E-state index in [2.05, 4.69) is 25.5 Å². The molecule has 1 fully saturated rings. The van der Waals surface area contributed by atoms with Crippen LogP contribution in [0.2, 0.25) is 0 Å². The normalized spacial score (nSPS) is 15.0. The summed E-state index contributed by atoms with van der Waals surface area (Å²) in [5, 5.41) is 6.16. The smallest absolute Gasteiger partial charge is 0.222 e. The molecule has 0 bridgehead atoms. The Morgan fingerprint density at radius 2 is 1.95 bits per heavy atom. The summed E-state index contributed by atoms with van der Waals surface area (Å²) in [6.45, 7) is 9.09. The van der Waals surface area contributed by atoms with Crippen molar-refractivity contribution in [3.05, 3.63) is 11.9 Å². The third-order valence-corrected chi connectivity index (χ3v) is 3.76. The highest BCUT2D eigenvalue weighted by Gasteiger charge is 2.13. The van der Waals surface area contributed by atoms with Crippen LogP contribution in [0.25, 0.3) is 0 Å². The van der Waals surface area contributed by atoms with Gasteiger partial charge in [-0.15, -0.1) is 0 Å². The lowest BCUT2D eigenvalue weighted by Gasteiger charge is -2.28. The molecule has 2 heterocycles. The van der Waals surface area contributed by atoms with Gasteiger partial charge in [0.1, 0.15) is 17.5 Å². The topological polar surface area (TPSA) is 70.2 Å². The van der Waals surface area contributed by atoms with Crippen molar-refractivity contribution in [2.24, 2.45) is 5.92 Å². The molecule has 122 valence electrons. The van der Waals surface area contributed by atoms with Crippen LogP contribution in [0.4, 0.5) is 11.6 Å². The minimum absolute atomic E-state index is 0.0204. The Hall–Kier alpha value is -1.85. The summed E-state index contributed by atoms with van der Waals surface area (Å²) in [6, 6.07) is 2.00. The maximum Gasteiger partial charge on any atom is 0.222 e. The quantitative estimate of drug-likeness (QED) is 0.786. The number of piperidine rings is 1. The fourth-order valence-corrected chi connectivity index (χ4v) is 2.51. The molecule has 0 saturated carbocycles. The number of carbonyl (C=O) groups excluding carboxylic acids is 1. The average Bonchev–Trinajstić information content (AvgIpc) is 2.51. The fraction of sp³-hybridized carbons (Fsp3) is 0.688. The summed E-state index contributed by atoms with van der Waals surface area (Å²) in [6.07, 6.45) is 3.77. The van der Waals surface area contributed by atoms with Crippen LogP contribution in [0, 0.1) is 12.8 Å². The highest BCUT2D eigenvalue weighted by atomic mass is 16.1. The molecule has 0 atom stereocenters. The molecule has 0 aliphatic carbocycles. The van der Waals surface area contributed by atoms with Crippen molar-refractivity contribution >= 4 is 17.5 Å². The second-order valence-electron chi connectivity index (χ2n) is 6.08. The van der Waals surface area contributed by atoms with E-state index >= 15 is 0 Å². The molecule has 1 aliphatic heterocycles. The van der Waals surface area contributed by atoms with Crippen molar-refractivity contribution < 1.29 is 4.79 Å². The van der Waals surface area contributed by atoms with Gasteiger partial charge in [0.05, 0.1) is 0 Å². The summed E-state index contributed by atoms with van der Waals surface area (Å²) >= 11 is 0. The first kappa shape index (κ1) is 16.5. The van der Waals surface area contributed by atoms with Crippen LogP contribution >= 0.6 is 0 Å². The number of carbonyl (C=O) groups is 1. The number of aryl methyl sites for hydroxylation is 1. The molecule has 6 heteroatoms. The second-order valence-corrected chi connectivity index (χ2v) is 6.08. The van der Waals surface area contributed by atoms with Crippen molar-refractivity contribution in [3.63, 3.8) is 0 Å². The molecule has 0 spiro atoms. The third kappa shape index (κ3) is 4.86. The van der Waals surface area contributed by atoms with Gasteiger partial charge in [-0.05, 0) is 26.2 Å². The summed E-state index contributed by atoms with van der Waals surface area (Å²) in [4.78, 5) is 22.8. The molecule has 1 aromatic rings. The van der Waals surface area contributed by atoms with Gasteiger partial charge in [-0.25, -0.2) is 9.97 Å². The maximum absolute atomic E-state index is 11.5. The van der Waals surface area contributed by atoms with Gasteiger partial charge in [0.2, 0.25) is 5.91 Å². The summed E-state index contributed by atoms with van der Waals surface area (Å²) < 4.78 is 0. The SMILES string of the molecule is Cc1nc(NCCNC(=O)C(C)C)cc(N2CCCCC2)n1. The van der Waals surface area contributed by atoms with Crippen molar-refractivity contribution in [3.8, 4) is 0 Å². The van der Waals surface area contributed by atoms with Gasteiger partial charge in [0.15, 0.2) is 0 Å². The van der Waals surface area contributed by atoms with Gasteiger partial charge < -0.3 is 15.5 Å². The van der Waals surface area contributed by atoms with E-state index in [0.29, 0.717) is 13.1 Å². The molecular formula is C16H27N5O. The summed E-state index contributed by atoms with van der Waals surface area (Å²) in [5.74, 6) is 2.70. The van der Waals surface area contributed by atoms with Crippen LogP contribution < -0.4 is 15.5 Å². The van der Waals surface area contributed by atoms with E-state index in [1.807, 2.05) is 26.8 Å². The molecule has 2 N–H and O–H groups in total. The van der Waals surface area contributed by atoms with Crippen LogP contribution in [0.15, 0.2) is 6.07 Å². The predicted molar refractivity (Wildman–Crippen MR) is 89.2 cm³/mol. The number of nitrogens with zero attached hydrogens (tertiary/aromatic N) is 3. The average molecular weight is 305 g/mol. The first-order chi connectivity index (χ1) is 10.6. The lowest BCUT2D eigenvalue weighted by Crippen LogP contribution is -2.32. The standard InChI is InChI=1S/C16H27N5O/c1-12(2)16(22)18-8-7-17-14-11-15(20-13(3)19-14)21-9-5-4-6-10-21/h11-12H,4-10H2,1-3H3,(H,18,22)(H,17,19,20). The Bertz CT molecular complexity index is 497. The van der Waals surface area contributed by atoms with Crippen molar-refractivity contribution in [1.29, 1.82) is 0 Å². The molecule has 0 aromatic carbocycles. The molecular weight excluding hydrogens is 278 g/mol. The number of amides is 1. The highest BCUT2D eigenvalue weighted by Crippen LogP contribution is 2.20. The zero-order chi connectivity index (χ0) is 15.9. The van der Waals surface area contributed by atoms with Crippen LogP contribution in [-0.2, 0) is 4.79 Å². The Balaban J connectivity index is 1.88. The fourth-order valence-electron chi connectivity index (χ4n) is 2.51. The largest absolute Gasteiger partial charge is 0.368 e. The number of aromatic nitrogens is 2. The van der Waals surface area contributed by atoms with Gasteiger partial charge in [-0.2, -0.15) is 0 Å². The van der Waals surface area contributed by atoms with E-state index in [-0.39, 0.29) is 11.8 Å². The molecule has 0 radical (unpaired) electrons. The van der Waals surface area contributed by atoms with E-state index in [1.165, 1.54) is 19.3 Å². The Labute approximate surface area is 132 Å². The molecule has 1 amide bonds. The number of hydrogen-bond acceptors (Lipinski definition) is 5. The second kappa shape index (κ2) is 7.96. The van der Waals surface area contributed by atoms with Crippen LogP contribution in [0.3, 0.4) is 0 Å². The first-order valence-corrected chi connectivity index (χ1v) is 8.18. The van der Waals surface area contributed by atoms with E-state index in [1.54, 1.807) is 0 Å². The van der Waals surface area contributed by atoms with Crippen molar-refractivity contribution in [1.82, 2.24) is 15.3 Å². The van der Waals surface area contributed by atoms with Gasteiger partial charge in [-0.1, -0.05) is 13.8 Å². The number of anilines is 2. The lowest BCUT2D eigenvalue weighted by molar-refractivity contribution is -0.123. The van der Waals surface area contributed by atoms with Crippen LogP contribution in [0.5, 0.6) is 0 Å². The minimum Gasteiger partial charge on any atom is -0.368 e. The highest BCUT2D eigenvalue weighted by molar-refractivity contribution is 5.77. The van der Waals surface area contributed by atoms with Gasteiger partial charge in [0, 0.05) is 38.2 Å². The Morgan fingerprint density at radius 3 is 2.64 bits per heavy atom. The molecule has 1 saturated heterocycles. The van der Waals surface area contributed by atoms with Crippen LogP contribution in [-0.4, -0.2) is 42.1 Å². The van der Waals surface area contributed by atoms with E-state index in [0.717, 1.165) is 30.5 Å². The van der Waals surface area contributed by atoms with E-state index < -0.39 is 0 Å². The summed E-state index contributed by atoms with van der Waals surface area (Å²) in [7, 11) is 0. The molecule has 6 nitrogen and oxygen atoms in total. The maximum atomic E-state index is 11.5. The molecule has 1 aliphatic rings. The first-order valence-electron chi connectivity index (χ1n) is 8.18. The number of nitrogens with one attached hydrogen (secondary N) is 2. The molecule has 22 heavy (non-hydrogen) atoms. The Kier molecular flexibility index (Phi) is 5.98. The van der Waals surface area contributed by atoms with Crippen molar-refractivity contribution in [2.45, 2.75) is 40.0 Å². The molecule has 0 unspecified atom stereocenters. The van der Waals surface area contributed by atoms with Gasteiger partial charge in [-0.3, -0.25) is 4.79 Å². The molecule has 2 rings (SSSR count). The Morgan fingerprint density at radius 1 is 1.23 bits per heavy atom. The summed E-state index contributed by atoms with van der Waals surface area (Å²) in [5.41, 5.74) is 0. The molecule has 1 aromatic heterocycles. The lowest BCUT2D eigenvalue weighted by atomic mass is 10.1.